The van der Waals surface area contributed by atoms with Gasteiger partial charge in [-0.3, -0.25) is 0 Å². The standard InChI is InChI=1S/C22H32N4O/c1-16(2)22-17(14-26(25-22)18-7-4-3-5-8-18)13-24-20-10-6-9-19(20)21-15-27-12-11-23-21/h3-5,7-8,14,16,19-21,23-24H,6,9-13,15H2,1-2H3. The van der Waals surface area contributed by atoms with Gasteiger partial charge >= 0.3 is 0 Å². The minimum Gasteiger partial charge on any atom is -0.379 e. The van der Waals surface area contributed by atoms with Gasteiger partial charge in [0.05, 0.1) is 24.6 Å². The number of nitrogens with one attached hydrogen (secondary N) is 2. The van der Waals surface area contributed by atoms with Crippen molar-refractivity contribution in [3.63, 3.8) is 0 Å². The zero-order valence-corrected chi connectivity index (χ0v) is 16.5. The molecule has 1 aromatic carbocycles. The normalized spacial score (nSPS) is 26.0. The van der Waals surface area contributed by atoms with Gasteiger partial charge in [-0.2, -0.15) is 5.10 Å². The Labute approximate surface area is 162 Å². The molecule has 0 bridgehead atoms. The van der Waals surface area contributed by atoms with Crippen molar-refractivity contribution in [2.75, 3.05) is 19.8 Å². The van der Waals surface area contributed by atoms with Crippen LogP contribution >= 0.6 is 0 Å². The van der Waals surface area contributed by atoms with Gasteiger partial charge in [-0.1, -0.05) is 38.5 Å². The van der Waals surface area contributed by atoms with Gasteiger partial charge < -0.3 is 15.4 Å². The van der Waals surface area contributed by atoms with Crippen molar-refractivity contribution >= 4 is 0 Å². The van der Waals surface area contributed by atoms with Crippen LogP contribution in [0.3, 0.4) is 0 Å². The molecule has 2 N–H and O–H groups in total. The van der Waals surface area contributed by atoms with Gasteiger partial charge in [0, 0.05) is 36.9 Å². The lowest BCUT2D eigenvalue weighted by Gasteiger charge is -2.33. The Morgan fingerprint density at radius 2 is 2.11 bits per heavy atom. The van der Waals surface area contributed by atoms with E-state index in [1.54, 1.807) is 0 Å². The number of nitrogens with zero attached hydrogens (tertiary/aromatic N) is 2. The first-order valence-electron chi connectivity index (χ1n) is 10.4. The summed E-state index contributed by atoms with van der Waals surface area (Å²) in [7, 11) is 0. The molecule has 5 nitrogen and oxygen atoms in total. The van der Waals surface area contributed by atoms with Gasteiger partial charge in [0.15, 0.2) is 0 Å². The predicted octanol–water partition coefficient (Wildman–Crippen LogP) is 3.24. The Bertz CT molecular complexity index is 721. The Morgan fingerprint density at radius 3 is 2.85 bits per heavy atom. The fourth-order valence-corrected chi connectivity index (χ4v) is 4.58. The lowest BCUT2D eigenvalue weighted by Crippen LogP contribution is -2.50. The third-order valence-electron chi connectivity index (χ3n) is 5.98. The molecule has 1 saturated carbocycles. The maximum atomic E-state index is 5.70. The second kappa shape index (κ2) is 8.55. The number of ether oxygens (including phenoxy) is 1. The van der Waals surface area contributed by atoms with Crippen LogP contribution in [0.5, 0.6) is 0 Å². The molecule has 1 aliphatic carbocycles. The second-order valence-corrected chi connectivity index (χ2v) is 8.19. The van der Waals surface area contributed by atoms with E-state index in [0.29, 0.717) is 23.9 Å². The second-order valence-electron chi connectivity index (χ2n) is 8.19. The molecule has 0 radical (unpaired) electrons. The first-order valence-corrected chi connectivity index (χ1v) is 10.4. The summed E-state index contributed by atoms with van der Waals surface area (Å²) >= 11 is 0. The van der Waals surface area contributed by atoms with Gasteiger partial charge in [0.1, 0.15) is 0 Å². The van der Waals surface area contributed by atoms with Crippen molar-refractivity contribution in [3.05, 3.63) is 47.8 Å². The van der Waals surface area contributed by atoms with Gasteiger partial charge in [-0.15, -0.1) is 0 Å². The minimum atomic E-state index is 0.416. The fraction of sp³-hybridized carbons (Fsp3) is 0.591. The molecular formula is C22H32N4O. The number of rotatable bonds is 6. The van der Waals surface area contributed by atoms with Crippen molar-refractivity contribution < 1.29 is 4.74 Å². The van der Waals surface area contributed by atoms with Crippen LogP contribution in [0.25, 0.3) is 5.69 Å². The molecule has 3 unspecified atom stereocenters. The molecular weight excluding hydrogens is 336 g/mol. The van der Waals surface area contributed by atoms with Crippen LogP contribution in [0.4, 0.5) is 0 Å². The van der Waals surface area contributed by atoms with Crippen molar-refractivity contribution in [3.8, 4) is 5.69 Å². The molecule has 1 aromatic heterocycles. The first kappa shape index (κ1) is 18.7. The van der Waals surface area contributed by atoms with Crippen LogP contribution in [-0.4, -0.2) is 41.6 Å². The quantitative estimate of drug-likeness (QED) is 0.822. The SMILES string of the molecule is CC(C)c1nn(-c2ccccc2)cc1CNC1CCCC1C1COCCN1. The number of benzene rings is 1. The summed E-state index contributed by atoms with van der Waals surface area (Å²) in [6, 6.07) is 11.4. The van der Waals surface area contributed by atoms with E-state index in [9.17, 15) is 0 Å². The Hall–Kier alpha value is -1.69. The van der Waals surface area contributed by atoms with E-state index >= 15 is 0 Å². The van der Waals surface area contributed by atoms with E-state index in [4.69, 9.17) is 9.84 Å². The maximum Gasteiger partial charge on any atom is 0.0699 e. The smallest absolute Gasteiger partial charge is 0.0699 e. The summed E-state index contributed by atoms with van der Waals surface area (Å²) in [4.78, 5) is 0. The van der Waals surface area contributed by atoms with Gasteiger partial charge in [-0.25, -0.2) is 4.68 Å². The topological polar surface area (TPSA) is 51.1 Å². The maximum absolute atomic E-state index is 5.70. The first-order chi connectivity index (χ1) is 13.2. The Morgan fingerprint density at radius 1 is 1.26 bits per heavy atom. The lowest BCUT2D eigenvalue weighted by atomic mass is 9.93. The zero-order chi connectivity index (χ0) is 18.6. The molecule has 146 valence electrons. The van der Waals surface area contributed by atoms with E-state index in [-0.39, 0.29) is 0 Å². The average Bonchev–Trinajstić information content (AvgIpc) is 3.35. The van der Waals surface area contributed by atoms with Crippen LogP contribution in [-0.2, 0) is 11.3 Å². The predicted molar refractivity (Wildman–Crippen MR) is 108 cm³/mol. The van der Waals surface area contributed by atoms with E-state index in [2.05, 4.69) is 54.9 Å². The largest absolute Gasteiger partial charge is 0.379 e. The monoisotopic (exact) mass is 368 g/mol. The molecule has 5 heteroatoms. The molecule has 27 heavy (non-hydrogen) atoms. The number of morpholine rings is 1. The van der Waals surface area contributed by atoms with E-state index in [1.165, 1.54) is 30.5 Å². The Kier molecular flexibility index (Phi) is 5.91. The van der Waals surface area contributed by atoms with Crippen LogP contribution in [0.1, 0.15) is 50.3 Å². The van der Waals surface area contributed by atoms with Crippen LogP contribution in [0, 0.1) is 5.92 Å². The summed E-state index contributed by atoms with van der Waals surface area (Å²) in [5.41, 5.74) is 3.63. The van der Waals surface area contributed by atoms with Crippen LogP contribution in [0.15, 0.2) is 36.5 Å². The van der Waals surface area contributed by atoms with Crippen molar-refractivity contribution in [2.24, 2.45) is 5.92 Å². The third-order valence-corrected chi connectivity index (χ3v) is 5.98. The number of aromatic nitrogens is 2. The molecule has 2 heterocycles. The highest BCUT2D eigenvalue weighted by Crippen LogP contribution is 2.30. The summed E-state index contributed by atoms with van der Waals surface area (Å²) < 4.78 is 7.73. The van der Waals surface area contributed by atoms with Gasteiger partial charge in [0.25, 0.3) is 0 Å². The zero-order valence-electron chi connectivity index (χ0n) is 16.5. The summed E-state index contributed by atoms with van der Waals surface area (Å²) in [6.45, 7) is 8.01. The molecule has 1 aliphatic heterocycles. The lowest BCUT2D eigenvalue weighted by molar-refractivity contribution is 0.0524. The number of para-hydroxylation sites is 1. The van der Waals surface area contributed by atoms with Crippen molar-refractivity contribution in [1.29, 1.82) is 0 Å². The molecule has 0 spiro atoms. The van der Waals surface area contributed by atoms with Crippen molar-refractivity contribution in [2.45, 2.75) is 57.7 Å². The Balaban J connectivity index is 1.46. The van der Waals surface area contributed by atoms with E-state index in [1.807, 2.05) is 10.7 Å². The van der Waals surface area contributed by atoms with Crippen LogP contribution < -0.4 is 10.6 Å². The molecule has 4 rings (SSSR count). The summed E-state index contributed by atoms with van der Waals surface area (Å²) in [6.07, 6.45) is 6.05. The molecule has 2 aromatic rings. The number of hydrogen-bond donors (Lipinski definition) is 2. The molecule has 0 amide bonds. The average molecular weight is 369 g/mol. The molecule has 3 atom stereocenters. The highest BCUT2D eigenvalue weighted by molar-refractivity contribution is 5.33. The van der Waals surface area contributed by atoms with Gasteiger partial charge in [0.2, 0.25) is 0 Å². The third kappa shape index (κ3) is 4.26. The van der Waals surface area contributed by atoms with Crippen LogP contribution in [0.2, 0.25) is 0 Å². The minimum absolute atomic E-state index is 0.416. The summed E-state index contributed by atoms with van der Waals surface area (Å²) in [5.74, 6) is 1.08. The molecule has 1 saturated heterocycles. The molecule has 2 aliphatic rings. The van der Waals surface area contributed by atoms with E-state index in [0.717, 1.165) is 32.0 Å². The summed E-state index contributed by atoms with van der Waals surface area (Å²) in [5, 5.41) is 12.4. The highest BCUT2D eigenvalue weighted by Gasteiger charge is 2.34. The number of hydrogen-bond acceptors (Lipinski definition) is 4. The van der Waals surface area contributed by atoms with Gasteiger partial charge in [-0.05, 0) is 36.8 Å². The van der Waals surface area contributed by atoms with Crippen molar-refractivity contribution in [1.82, 2.24) is 20.4 Å². The van der Waals surface area contributed by atoms with E-state index < -0.39 is 0 Å². The highest BCUT2D eigenvalue weighted by atomic mass is 16.5. The molecule has 2 fully saturated rings. The fourth-order valence-electron chi connectivity index (χ4n) is 4.58.